The van der Waals surface area contributed by atoms with E-state index in [2.05, 4.69) is 0 Å². The second kappa shape index (κ2) is 7.23. The first kappa shape index (κ1) is 18.0. The van der Waals surface area contributed by atoms with Crippen LogP contribution >= 0.6 is 0 Å². The zero-order chi connectivity index (χ0) is 18.8. The van der Waals surface area contributed by atoms with Crippen molar-refractivity contribution < 1.29 is 23.8 Å². The molecule has 0 saturated carbocycles. The molecule has 138 valence electrons. The lowest BCUT2D eigenvalue weighted by molar-refractivity contribution is -0.139. The van der Waals surface area contributed by atoms with E-state index in [0.29, 0.717) is 17.9 Å². The Kier molecular flexibility index (Phi) is 5.02. The minimum atomic E-state index is -1.03. The number of hydrogen-bond donors (Lipinski definition) is 1. The Morgan fingerprint density at radius 3 is 2.50 bits per heavy atom. The average Bonchev–Trinajstić information content (AvgIpc) is 3.21. The zero-order valence-electron chi connectivity index (χ0n) is 15.2. The minimum absolute atomic E-state index is 0.0419. The van der Waals surface area contributed by atoms with Crippen molar-refractivity contribution in [3.63, 3.8) is 0 Å². The van der Waals surface area contributed by atoms with E-state index < -0.39 is 12.6 Å². The van der Waals surface area contributed by atoms with Crippen LogP contribution in [0.25, 0.3) is 0 Å². The third kappa shape index (κ3) is 3.59. The molecule has 3 rings (SSSR count). The van der Waals surface area contributed by atoms with Crippen LogP contribution in [-0.2, 0) is 4.79 Å². The number of rotatable bonds is 5. The van der Waals surface area contributed by atoms with Gasteiger partial charge in [-0.05, 0) is 69.0 Å². The third-order valence-electron chi connectivity index (χ3n) is 4.65. The van der Waals surface area contributed by atoms with E-state index in [1.807, 2.05) is 37.8 Å². The van der Waals surface area contributed by atoms with E-state index in [4.69, 9.17) is 14.3 Å². The van der Waals surface area contributed by atoms with Crippen molar-refractivity contribution in [2.45, 2.75) is 39.7 Å². The van der Waals surface area contributed by atoms with Crippen molar-refractivity contribution in [3.8, 4) is 5.75 Å². The molecule has 1 atom stereocenters. The van der Waals surface area contributed by atoms with Crippen molar-refractivity contribution >= 4 is 11.9 Å². The number of nitrogens with zero attached hydrogens (tertiary/aromatic N) is 1. The molecule has 26 heavy (non-hydrogen) atoms. The fraction of sp³-hybridized carbons (Fsp3) is 0.400. The fourth-order valence-corrected chi connectivity index (χ4v) is 3.54. The summed E-state index contributed by atoms with van der Waals surface area (Å²) in [5.74, 6) is 1.10. The van der Waals surface area contributed by atoms with Gasteiger partial charge in [-0.1, -0.05) is 0 Å². The molecule has 2 heterocycles. The zero-order valence-corrected chi connectivity index (χ0v) is 15.2. The Labute approximate surface area is 152 Å². The Morgan fingerprint density at radius 1 is 1.23 bits per heavy atom. The van der Waals surface area contributed by atoms with E-state index in [0.717, 1.165) is 35.5 Å². The van der Waals surface area contributed by atoms with Gasteiger partial charge >= 0.3 is 5.97 Å². The van der Waals surface area contributed by atoms with Crippen LogP contribution in [0.4, 0.5) is 0 Å². The number of aryl methyl sites for hydroxylation is 3. The number of amides is 1. The van der Waals surface area contributed by atoms with Crippen LogP contribution in [0.15, 0.2) is 28.7 Å². The lowest BCUT2D eigenvalue weighted by atomic mass is 10.0. The van der Waals surface area contributed by atoms with Gasteiger partial charge in [0, 0.05) is 12.1 Å². The van der Waals surface area contributed by atoms with Gasteiger partial charge in [0.05, 0.1) is 6.04 Å². The van der Waals surface area contributed by atoms with Gasteiger partial charge in [-0.3, -0.25) is 4.79 Å². The molecule has 1 N–H and O–H groups in total. The predicted octanol–water partition coefficient (Wildman–Crippen LogP) is 3.65. The number of furan rings is 1. The monoisotopic (exact) mass is 357 g/mol. The highest BCUT2D eigenvalue weighted by Gasteiger charge is 2.33. The van der Waals surface area contributed by atoms with Crippen LogP contribution < -0.4 is 4.74 Å². The number of carbonyl (C=O) groups is 2. The molecule has 1 saturated heterocycles. The summed E-state index contributed by atoms with van der Waals surface area (Å²) in [5, 5.41) is 8.79. The molecule has 0 bridgehead atoms. The van der Waals surface area contributed by atoms with E-state index in [1.54, 1.807) is 12.1 Å². The smallest absolute Gasteiger partial charge is 0.341 e. The number of likely N-dealkylation sites (tertiary alicyclic amines) is 1. The van der Waals surface area contributed by atoms with Gasteiger partial charge in [-0.15, -0.1) is 0 Å². The third-order valence-corrected chi connectivity index (χ3v) is 4.65. The maximum atomic E-state index is 13.1. The summed E-state index contributed by atoms with van der Waals surface area (Å²) in [5.41, 5.74) is 2.08. The maximum absolute atomic E-state index is 13.1. The topological polar surface area (TPSA) is 80.0 Å². The average molecular weight is 357 g/mol. The second-order valence-electron chi connectivity index (χ2n) is 6.73. The summed E-state index contributed by atoms with van der Waals surface area (Å²) < 4.78 is 11.1. The molecule has 0 aliphatic carbocycles. The highest BCUT2D eigenvalue weighted by atomic mass is 16.5. The number of carbonyl (C=O) groups excluding carboxylic acids is 1. The van der Waals surface area contributed by atoms with Gasteiger partial charge in [0.15, 0.2) is 6.61 Å². The van der Waals surface area contributed by atoms with Crippen molar-refractivity contribution in [3.05, 3.63) is 52.5 Å². The number of benzene rings is 1. The molecule has 1 fully saturated rings. The lowest BCUT2D eigenvalue weighted by Crippen LogP contribution is -2.30. The first-order valence-corrected chi connectivity index (χ1v) is 8.70. The van der Waals surface area contributed by atoms with Crippen LogP contribution in [0.2, 0.25) is 0 Å². The Hall–Kier alpha value is -2.76. The number of hydrogen-bond acceptors (Lipinski definition) is 4. The first-order chi connectivity index (χ1) is 12.4. The van der Waals surface area contributed by atoms with Gasteiger partial charge in [-0.2, -0.15) is 0 Å². The summed E-state index contributed by atoms with van der Waals surface area (Å²) in [7, 11) is 0. The van der Waals surface area contributed by atoms with Gasteiger partial charge in [0.1, 0.15) is 17.3 Å². The van der Waals surface area contributed by atoms with E-state index in [1.165, 1.54) is 0 Å². The summed E-state index contributed by atoms with van der Waals surface area (Å²) >= 11 is 0. The van der Waals surface area contributed by atoms with Gasteiger partial charge in [0.25, 0.3) is 5.91 Å². The number of carboxylic acid groups (broad SMARTS) is 1. The minimum Gasteiger partial charge on any atom is -0.481 e. The summed E-state index contributed by atoms with van der Waals surface area (Å²) in [6.07, 6.45) is 1.82. The molecule has 1 amide bonds. The second-order valence-corrected chi connectivity index (χ2v) is 6.73. The molecule has 2 aromatic rings. The van der Waals surface area contributed by atoms with Gasteiger partial charge in [0.2, 0.25) is 0 Å². The molecule has 6 nitrogen and oxygen atoms in total. The van der Waals surface area contributed by atoms with Gasteiger partial charge in [-0.25, -0.2) is 4.79 Å². The molecule has 1 unspecified atom stereocenters. The molecule has 1 aromatic heterocycles. The number of carboxylic acids is 1. The summed E-state index contributed by atoms with van der Waals surface area (Å²) in [6, 6.07) is 7.33. The molecule has 1 aliphatic heterocycles. The molecule has 0 radical (unpaired) electrons. The van der Waals surface area contributed by atoms with Crippen molar-refractivity contribution in [2.75, 3.05) is 13.2 Å². The summed E-state index contributed by atoms with van der Waals surface area (Å²) in [6.45, 7) is 5.82. The van der Waals surface area contributed by atoms with Crippen LogP contribution in [0.3, 0.4) is 0 Å². The van der Waals surface area contributed by atoms with Crippen molar-refractivity contribution in [1.29, 1.82) is 0 Å². The van der Waals surface area contributed by atoms with Crippen LogP contribution in [-0.4, -0.2) is 35.0 Å². The first-order valence-electron chi connectivity index (χ1n) is 8.70. The highest BCUT2D eigenvalue weighted by molar-refractivity contribution is 5.95. The fourth-order valence-electron chi connectivity index (χ4n) is 3.54. The quantitative estimate of drug-likeness (QED) is 0.883. The van der Waals surface area contributed by atoms with Crippen LogP contribution in [0.5, 0.6) is 5.75 Å². The van der Waals surface area contributed by atoms with E-state index >= 15 is 0 Å². The van der Waals surface area contributed by atoms with E-state index in [9.17, 15) is 9.59 Å². The van der Waals surface area contributed by atoms with Crippen LogP contribution in [0.1, 0.15) is 51.9 Å². The predicted molar refractivity (Wildman–Crippen MR) is 95.5 cm³/mol. The highest BCUT2D eigenvalue weighted by Crippen LogP contribution is 2.35. The van der Waals surface area contributed by atoms with Crippen molar-refractivity contribution in [1.82, 2.24) is 4.90 Å². The number of ether oxygens (including phenoxy) is 1. The molecular weight excluding hydrogens is 334 g/mol. The Bertz CT molecular complexity index is 815. The molecule has 6 heteroatoms. The van der Waals surface area contributed by atoms with Crippen LogP contribution in [0, 0.1) is 20.8 Å². The normalized spacial score (nSPS) is 16.7. The van der Waals surface area contributed by atoms with Crippen molar-refractivity contribution in [2.24, 2.45) is 0 Å². The number of aliphatic carboxylic acids is 1. The van der Waals surface area contributed by atoms with E-state index in [-0.39, 0.29) is 11.9 Å². The van der Waals surface area contributed by atoms with Gasteiger partial charge < -0.3 is 19.2 Å². The molecular formula is C20H23NO5. The standard InChI is InChI=1S/C20H23NO5/c1-12-9-15(10-13(2)19(12)25-11-18(22)23)20(24)21-8-4-5-16(21)17-7-6-14(3)26-17/h6-7,9-10,16H,4-5,8,11H2,1-3H3,(H,22,23). The molecule has 1 aliphatic rings. The maximum Gasteiger partial charge on any atom is 0.341 e. The Balaban J connectivity index is 1.84. The summed E-state index contributed by atoms with van der Waals surface area (Å²) in [4.78, 5) is 25.6. The molecule has 1 aromatic carbocycles. The molecule has 0 spiro atoms. The Morgan fingerprint density at radius 2 is 1.92 bits per heavy atom. The lowest BCUT2D eigenvalue weighted by Gasteiger charge is -2.24. The largest absolute Gasteiger partial charge is 0.481 e. The SMILES string of the molecule is Cc1ccc(C2CCCN2C(=O)c2cc(C)c(OCC(=O)O)c(C)c2)o1.